The van der Waals surface area contributed by atoms with Crippen molar-refractivity contribution < 1.29 is 0 Å². The van der Waals surface area contributed by atoms with Crippen molar-refractivity contribution in [2.45, 2.75) is 6.92 Å². The Labute approximate surface area is 160 Å². The lowest BCUT2D eigenvalue weighted by Crippen LogP contribution is -1.85. The average molecular weight is 350 g/mol. The number of hydrogen-bond acceptors (Lipinski definition) is 2. The Morgan fingerprint density at radius 3 is 2.11 bits per heavy atom. The molecule has 0 unspecified atom stereocenters. The van der Waals surface area contributed by atoms with Crippen molar-refractivity contribution in [1.82, 2.24) is 9.97 Å². The van der Waals surface area contributed by atoms with Gasteiger partial charge >= 0.3 is 0 Å². The molecule has 2 aromatic heterocycles. The number of aryl methyl sites for hydroxylation is 1. The van der Waals surface area contributed by atoms with Gasteiger partial charge in [-0.05, 0) is 41.8 Å². The molecule has 0 aliphatic carbocycles. The number of hydrogen-bond donors (Lipinski definition) is 0. The molecule has 0 radical (unpaired) electrons. The summed E-state index contributed by atoms with van der Waals surface area (Å²) >= 11 is 0. The number of nitrogens with zero attached hydrogens (tertiary/aromatic N) is 2. The number of benzene rings is 2. The molecule has 2 nitrogen and oxygen atoms in total. The van der Waals surface area contributed by atoms with Crippen LogP contribution in [0.15, 0.2) is 104 Å². The Morgan fingerprint density at radius 2 is 1.44 bits per heavy atom. The van der Waals surface area contributed by atoms with E-state index < -0.39 is 0 Å². The van der Waals surface area contributed by atoms with Gasteiger partial charge in [0.25, 0.3) is 0 Å². The Kier molecular flexibility index (Phi) is 6.66. The summed E-state index contributed by atoms with van der Waals surface area (Å²) in [5.74, 6) is 0. The van der Waals surface area contributed by atoms with Gasteiger partial charge < -0.3 is 0 Å². The van der Waals surface area contributed by atoms with E-state index in [4.69, 9.17) is 0 Å². The normalized spacial score (nSPS) is 10.3. The quantitative estimate of drug-likeness (QED) is 0.405. The SMILES string of the molecule is C(=C\c1ccccc1-c1ccccn1)/c1ccccc1.Cc1cccnc1. The van der Waals surface area contributed by atoms with E-state index >= 15 is 0 Å². The standard InChI is InChI=1S/C19H15N.C6H7N/c1-2-8-16(9-3-1)13-14-17-10-4-5-11-18(17)19-12-6-7-15-20-19;1-6-3-2-4-7-5-6/h1-15H;2-5H,1H3/b14-13+;. The van der Waals surface area contributed by atoms with E-state index in [1.54, 1.807) is 6.20 Å². The molecular formula is C25H22N2. The van der Waals surface area contributed by atoms with Gasteiger partial charge in [0, 0.05) is 24.2 Å². The molecule has 4 aromatic rings. The van der Waals surface area contributed by atoms with Gasteiger partial charge in [-0.25, -0.2) is 0 Å². The van der Waals surface area contributed by atoms with Crippen molar-refractivity contribution in [3.8, 4) is 11.3 Å². The largest absolute Gasteiger partial charge is 0.264 e. The summed E-state index contributed by atoms with van der Waals surface area (Å²) in [6, 6.07) is 28.6. The smallest absolute Gasteiger partial charge is 0.0707 e. The van der Waals surface area contributed by atoms with Gasteiger partial charge in [0.05, 0.1) is 5.69 Å². The van der Waals surface area contributed by atoms with Gasteiger partial charge in [0.1, 0.15) is 0 Å². The fourth-order valence-electron chi connectivity index (χ4n) is 2.60. The molecule has 0 spiro atoms. The second kappa shape index (κ2) is 9.83. The zero-order valence-electron chi connectivity index (χ0n) is 15.4. The summed E-state index contributed by atoms with van der Waals surface area (Å²) in [5, 5.41) is 0. The Balaban J connectivity index is 0.000000253. The fourth-order valence-corrected chi connectivity index (χ4v) is 2.60. The molecular weight excluding hydrogens is 328 g/mol. The second-order valence-corrected chi connectivity index (χ2v) is 6.08. The summed E-state index contributed by atoms with van der Waals surface area (Å²) < 4.78 is 0. The monoisotopic (exact) mass is 350 g/mol. The van der Waals surface area contributed by atoms with Gasteiger partial charge in [0.15, 0.2) is 0 Å². The molecule has 0 atom stereocenters. The maximum atomic E-state index is 4.43. The second-order valence-electron chi connectivity index (χ2n) is 6.08. The van der Waals surface area contributed by atoms with Crippen LogP contribution in [0.5, 0.6) is 0 Å². The fraction of sp³-hybridized carbons (Fsp3) is 0.0400. The molecule has 132 valence electrons. The summed E-state index contributed by atoms with van der Waals surface area (Å²) in [5.41, 5.74) is 5.74. The highest BCUT2D eigenvalue weighted by atomic mass is 14.7. The van der Waals surface area contributed by atoms with E-state index in [1.165, 1.54) is 16.7 Å². The van der Waals surface area contributed by atoms with Crippen LogP contribution in [-0.4, -0.2) is 9.97 Å². The number of rotatable bonds is 3. The molecule has 27 heavy (non-hydrogen) atoms. The average Bonchev–Trinajstić information content (AvgIpc) is 2.75. The van der Waals surface area contributed by atoms with Crippen LogP contribution in [0.3, 0.4) is 0 Å². The molecule has 0 saturated heterocycles. The third kappa shape index (κ3) is 5.75. The van der Waals surface area contributed by atoms with Crippen molar-refractivity contribution in [1.29, 1.82) is 0 Å². The summed E-state index contributed by atoms with van der Waals surface area (Å²) in [6.07, 6.45) is 9.70. The Morgan fingerprint density at radius 1 is 0.667 bits per heavy atom. The molecule has 4 rings (SSSR count). The molecule has 2 heteroatoms. The van der Waals surface area contributed by atoms with Crippen LogP contribution in [-0.2, 0) is 0 Å². The van der Waals surface area contributed by atoms with Crippen molar-refractivity contribution in [3.63, 3.8) is 0 Å². The zero-order chi connectivity index (χ0) is 18.7. The Hall–Kier alpha value is -3.52. The number of pyridine rings is 2. The van der Waals surface area contributed by atoms with E-state index in [2.05, 4.69) is 52.5 Å². The van der Waals surface area contributed by atoms with E-state index in [1.807, 2.05) is 73.9 Å². The van der Waals surface area contributed by atoms with Gasteiger partial charge in [-0.3, -0.25) is 9.97 Å². The molecule has 0 aliphatic heterocycles. The van der Waals surface area contributed by atoms with Crippen LogP contribution < -0.4 is 0 Å². The minimum atomic E-state index is 1.00. The third-order valence-electron chi connectivity index (χ3n) is 3.97. The maximum absolute atomic E-state index is 4.43. The molecule has 0 bridgehead atoms. The lowest BCUT2D eigenvalue weighted by atomic mass is 10.0. The van der Waals surface area contributed by atoms with Crippen LogP contribution in [0.4, 0.5) is 0 Å². The van der Waals surface area contributed by atoms with Gasteiger partial charge in [-0.1, -0.05) is 78.9 Å². The van der Waals surface area contributed by atoms with Crippen LogP contribution >= 0.6 is 0 Å². The molecule has 0 aliphatic rings. The highest BCUT2D eigenvalue weighted by Gasteiger charge is 2.02. The van der Waals surface area contributed by atoms with Crippen molar-refractivity contribution in [3.05, 3.63) is 120 Å². The van der Waals surface area contributed by atoms with Crippen molar-refractivity contribution in [2.75, 3.05) is 0 Å². The first-order valence-corrected chi connectivity index (χ1v) is 8.93. The number of aromatic nitrogens is 2. The minimum absolute atomic E-state index is 1.00. The van der Waals surface area contributed by atoms with Crippen LogP contribution in [0.1, 0.15) is 16.7 Å². The van der Waals surface area contributed by atoms with Gasteiger partial charge in [-0.2, -0.15) is 0 Å². The predicted octanol–water partition coefficient (Wildman–Crippen LogP) is 6.31. The summed E-state index contributed by atoms with van der Waals surface area (Å²) in [4.78, 5) is 8.32. The summed E-state index contributed by atoms with van der Waals surface area (Å²) in [6.45, 7) is 2.02. The lowest BCUT2D eigenvalue weighted by molar-refractivity contribution is 1.27. The highest BCUT2D eigenvalue weighted by molar-refractivity contribution is 5.79. The molecule has 0 saturated carbocycles. The first-order chi connectivity index (χ1) is 13.3. The minimum Gasteiger partial charge on any atom is -0.264 e. The first kappa shape index (κ1) is 18.3. The van der Waals surface area contributed by atoms with E-state index in [9.17, 15) is 0 Å². The van der Waals surface area contributed by atoms with E-state index in [-0.39, 0.29) is 0 Å². The van der Waals surface area contributed by atoms with Gasteiger partial charge in [-0.15, -0.1) is 0 Å². The van der Waals surface area contributed by atoms with E-state index in [0.717, 1.165) is 11.3 Å². The molecule has 2 heterocycles. The molecule has 0 amide bonds. The van der Waals surface area contributed by atoms with E-state index in [0.29, 0.717) is 0 Å². The zero-order valence-corrected chi connectivity index (χ0v) is 15.4. The van der Waals surface area contributed by atoms with Crippen molar-refractivity contribution >= 4 is 12.2 Å². The third-order valence-corrected chi connectivity index (χ3v) is 3.97. The van der Waals surface area contributed by atoms with Gasteiger partial charge in [0.2, 0.25) is 0 Å². The van der Waals surface area contributed by atoms with Crippen LogP contribution in [0.25, 0.3) is 23.4 Å². The van der Waals surface area contributed by atoms with Crippen LogP contribution in [0, 0.1) is 6.92 Å². The molecule has 0 N–H and O–H groups in total. The Bertz CT molecular complexity index is 963. The topological polar surface area (TPSA) is 25.8 Å². The van der Waals surface area contributed by atoms with Crippen molar-refractivity contribution in [2.24, 2.45) is 0 Å². The maximum Gasteiger partial charge on any atom is 0.0707 e. The first-order valence-electron chi connectivity index (χ1n) is 8.93. The predicted molar refractivity (Wildman–Crippen MR) is 114 cm³/mol. The molecule has 2 aromatic carbocycles. The highest BCUT2D eigenvalue weighted by Crippen LogP contribution is 2.23. The lowest BCUT2D eigenvalue weighted by Gasteiger charge is -2.05. The summed E-state index contributed by atoms with van der Waals surface area (Å²) in [7, 11) is 0. The molecule has 0 fully saturated rings. The van der Waals surface area contributed by atoms with Crippen LogP contribution in [0.2, 0.25) is 0 Å².